The molecule has 0 aliphatic carbocycles. The van der Waals surface area contributed by atoms with Crippen LogP contribution in [-0.2, 0) is 0 Å². The van der Waals surface area contributed by atoms with E-state index in [-0.39, 0.29) is 16.6 Å². The van der Waals surface area contributed by atoms with Gasteiger partial charge < -0.3 is 5.11 Å². The molecule has 0 atom stereocenters. The normalized spacial score (nSPS) is 11.0. The van der Waals surface area contributed by atoms with E-state index < -0.39 is 11.5 Å². The lowest BCUT2D eigenvalue weighted by Crippen LogP contribution is -2.06. The van der Waals surface area contributed by atoms with Crippen LogP contribution in [0.15, 0.2) is 23.0 Å². The first-order valence-electron chi connectivity index (χ1n) is 5.16. The van der Waals surface area contributed by atoms with Crippen LogP contribution in [0.5, 0.6) is 0 Å². The van der Waals surface area contributed by atoms with Gasteiger partial charge >= 0.3 is 5.97 Å². The number of H-pyrrole nitrogens is 2. The molecule has 0 bridgehead atoms. The predicted octanol–water partition coefficient (Wildman–Crippen LogP) is 2.33. The summed E-state index contributed by atoms with van der Waals surface area (Å²) in [5.74, 6) is -1.18. The SMILES string of the molecule is O=C(O)c1cc(-c2ccc(Cl)s2)nc2[nH][nH]c(=O)c12. The number of hydrogen-bond acceptors (Lipinski definition) is 4. The number of rotatable bonds is 2. The summed E-state index contributed by atoms with van der Waals surface area (Å²) in [4.78, 5) is 27.7. The molecule has 0 radical (unpaired) electrons. The number of aromatic amines is 2. The van der Waals surface area contributed by atoms with Crippen molar-refractivity contribution < 1.29 is 9.90 Å². The molecule has 6 nitrogen and oxygen atoms in total. The van der Waals surface area contributed by atoms with Crippen LogP contribution in [0, 0.1) is 0 Å². The molecule has 3 aromatic heterocycles. The second-order valence-corrected chi connectivity index (χ2v) is 5.48. The maximum atomic E-state index is 11.5. The first-order chi connectivity index (χ1) is 9.06. The fourth-order valence-electron chi connectivity index (χ4n) is 1.79. The fraction of sp³-hybridized carbons (Fsp3) is 0. The first-order valence-corrected chi connectivity index (χ1v) is 6.36. The van der Waals surface area contributed by atoms with Crippen molar-refractivity contribution in [2.75, 3.05) is 0 Å². The van der Waals surface area contributed by atoms with Gasteiger partial charge in [-0.05, 0) is 18.2 Å². The van der Waals surface area contributed by atoms with Crippen molar-refractivity contribution >= 4 is 39.9 Å². The number of nitrogens with zero attached hydrogens (tertiary/aromatic N) is 1. The fourth-order valence-corrected chi connectivity index (χ4v) is 2.79. The summed E-state index contributed by atoms with van der Waals surface area (Å²) in [6.07, 6.45) is 0. The van der Waals surface area contributed by atoms with Gasteiger partial charge in [0.05, 0.1) is 25.9 Å². The lowest BCUT2D eigenvalue weighted by Gasteiger charge is -2.00. The molecular weight excluding hydrogens is 290 g/mol. The summed E-state index contributed by atoms with van der Waals surface area (Å²) in [7, 11) is 0. The number of pyridine rings is 1. The van der Waals surface area contributed by atoms with Gasteiger partial charge in [0.25, 0.3) is 5.56 Å². The molecule has 3 N–H and O–H groups in total. The maximum Gasteiger partial charge on any atom is 0.336 e. The van der Waals surface area contributed by atoms with Gasteiger partial charge in [-0.2, -0.15) is 0 Å². The third kappa shape index (κ3) is 1.92. The summed E-state index contributed by atoms with van der Waals surface area (Å²) < 4.78 is 0.580. The number of nitrogens with one attached hydrogen (secondary N) is 2. The molecule has 3 aromatic rings. The van der Waals surface area contributed by atoms with Crippen LogP contribution < -0.4 is 5.56 Å². The van der Waals surface area contributed by atoms with E-state index >= 15 is 0 Å². The second kappa shape index (κ2) is 4.22. The van der Waals surface area contributed by atoms with Gasteiger partial charge in [0.2, 0.25) is 0 Å². The van der Waals surface area contributed by atoms with Crippen molar-refractivity contribution in [3.8, 4) is 10.6 Å². The highest BCUT2D eigenvalue weighted by Crippen LogP contribution is 2.31. The molecular formula is C11H6ClN3O3S. The number of aromatic nitrogens is 3. The molecule has 0 amide bonds. The summed E-state index contributed by atoms with van der Waals surface area (Å²) in [5.41, 5.74) is 0.0733. The van der Waals surface area contributed by atoms with E-state index in [2.05, 4.69) is 15.2 Å². The van der Waals surface area contributed by atoms with Crippen LogP contribution in [0.2, 0.25) is 4.34 Å². The highest BCUT2D eigenvalue weighted by Gasteiger charge is 2.17. The monoisotopic (exact) mass is 295 g/mol. The van der Waals surface area contributed by atoms with Crippen LogP contribution in [0.25, 0.3) is 21.6 Å². The van der Waals surface area contributed by atoms with Gasteiger partial charge in [0.1, 0.15) is 0 Å². The van der Waals surface area contributed by atoms with Gasteiger partial charge in [-0.1, -0.05) is 11.6 Å². The lowest BCUT2D eigenvalue weighted by molar-refractivity contribution is 0.0699. The van der Waals surface area contributed by atoms with Crippen molar-refractivity contribution in [2.24, 2.45) is 0 Å². The molecule has 96 valence electrons. The largest absolute Gasteiger partial charge is 0.478 e. The first kappa shape index (κ1) is 11.9. The van der Waals surface area contributed by atoms with Crippen molar-refractivity contribution in [2.45, 2.75) is 0 Å². The second-order valence-electron chi connectivity index (χ2n) is 3.77. The van der Waals surface area contributed by atoms with E-state index in [0.29, 0.717) is 10.0 Å². The van der Waals surface area contributed by atoms with Crippen molar-refractivity contribution in [1.29, 1.82) is 0 Å². The molecule has 0 spiro atoms. The number of thiophene rings is 1. The summed E-state index contributed by atoms with van der Waals surface area (Å²) >= 11 is 7.13. The Hall–Kier alpha value is -2.12. The molecule has 0 unspecified atom stereocenters. The standard InChI is InChI=1S/C11H6ClN3O3S/c12-7-2-1-6(19-7)5-3-4(11(17)18)8-9(13-5)14-15-10(8)16/h1-3H,(H,17,18)(H2,13,14,15,16). The molecule has 3 heterocycles. The van der Waals surface area contributed by atoms with Crippen LogP contribution in [0.4, 0.5) is 0 Å². The molecule has 19 heavy (non-hydrogen) atoms. The van der Waals surface area contributed by atoms with E-state index in [1.54, 1.807) is 12.1 Å². The summed E-state index contributed by atoms with van der Waals surface area (Å²) in [6, 6.07) is 4.82. The van der Waals surface area contributed by atoms with E-state index in [4.69, 9.17) is 11.6 Å². The van der Waals surface area contributed by atoms with Crippen molar-refractivity contribution in [1.82, 2.24) is 15.2 Å². The number of carboxylic acids is 1. The number of carbonyl (C=O) groups is 1. The molecule has 3 rings (SSSR count). The molecule has 0 saturated carbocycles. The maximum absolute atomic E-state index is 11.5. The lowest BCUT2D eigenvalue weighted by atomic mass is 10.1. The van der Waals surface area contributed by atoms with E-state index in [0.717, 1.165) is 4.88 Å². The van der Waals surface area contributed by atoms with Gasteiger partial charge in [-0.3, -0.25) is 15.0 Å². The number of fused-ring (bicyclic) bond motifs is 1. The smallest absolute Gasteiger partial charge is 0.336 e. The highest BCUT2D eigenvalue weighted by molar-refractivity contribution is 7.19. The Balaban J connectivity index is 2.34. The summed E-state index contributed by atoms with van der Waals surface area (Å²) in [6.45, 7) is 0. The highest BCUT2D eigenvalue weighted by atomic mass is 35.5. The van der Waals surface area contributed by atoms with Gasteiger partial charge in [-0.25, -0.2) is 9.78 Å². The Morgan fingerprint density at radius 2 is 2.16 bits per heavy atom. The molecule has 0 fully saturated rings. The van der Waals surface area contributed by atoms with Crippen LogP contribution in [-0.4, -0.2) is 26.3 Å². The predicted molar refractivity (Wildman–Crippen MR) is 72.0 cm³/mol. The molecule has 0 aromatic carbocycles. The minimum absolute atomic E-state index is 0.0407. The minimum Gasteiger partial charge on any atom is -0.478 e. The minimum atomic E-state index is -1.18. The number of aromatic carboxylic acids is 1. The van der Waals surface area contributed by atoms with E-state index in [1.165, 1.54) is 17.4 Å². The van der Waals surface area contributed by atoms with Crippen LogP contribution >= 0.6 is 22.9 Å². The van der Waals surface area contributed by atoms with Gasteiger partial charge in [-0.15, -0.1) is 11.3 Å². The van der Waals surface area contributed by atoms with Crippen molar-refractivity contribution in [3.63, 3.8) is 0 Å². The zero-order valence-corrected chi connectivity index (χ0v) is 10.8. The average Bonchev–Trinajstić information content (AvgIpc) is 2.95. The zero-order valence-electron chi connectivity index (χ0n) is 9.23. The molecule has 0 saturated heterocycles. The molecule has 0 aliphatic rings. The third-order valence-corrected chi connectivity index (χ3v) is 3.85. The Kier molecular flexibility index (Phi) is 2.65. The average molecular weight is 296 g/mol. The summed E-state index contributed by atoms with van der Waals surface area (Å²) in [5, 5.41) is 14.1. The number of hydrogen-bond donors (Lipinski definition) is 3. The Morgan fingerprint density at radius 1 is 1.37 bits per heavy atom. The quantitative estimate of drug-likeness (QED) is 0.675. The van der Waals surface area contributed by atoms with Crippen LogP contribution in [0.1, 0.15) is 10.4 Å². The zero-order chi connectivity index (χ0) is 13.6. The van der Waals surface area contributed by atoms with Gasteiger partial charge in [0.15, 0.2) is 5.65 Å². The molecule has 0 aliphatic heterocycles. The molecule has 8 heteroatoms. The van der Waals surface area contributed by atoms with E-state index in [9.17, 15) is 14.7 Å². The van der Waals surface area contributed by atoms with Crippen LogP contribution in [0.3, 0.4) is 0 Å². The Bertz CT molecular complexity index is 848. The topological polar surface area (TPSA) is 98.8 Å². The Labute approximate surface area is 114 Å². The van der Waals surface area contributed by atoms with Crippen molar-refractivity contribution in [3.05, 3.63) is 38.5 Å². The number of carboxylic acid groups (broad SMARTS) is 1. The third-order valence-electron chi connectivity index (χ3n) is 2.60. The van der Waals surface area contributed by atoms with E-state index in [1.807, 2.05) is 0 Å². The number of halogens is 1. The Morgan fingerprint density at radius 3 is 2.79 bits per heavy atom. The van der Waals surface area contributed by atoms with Gasteiger partial charge in [0, 0.05) is 0 Å².